The van der Waals surface area contributed by atoms with Crippen LogP contribution >= 0.6 is 0 Å². The van der Waals surface area contributed by atoms with E-state index in [-0.39, 0.29) is 0 Å². The number of ether oxygens (including phenoxy) is 1. The molecule has 4 aromatic carbocycles. The zero-order chi connectivity index (χ0) is 23.2. The summed E-state index contributed by atoms with van der Waals surface area (Å²) < 4.78 is 6.47. The minimum absolute atomic E-state index is 0.860. The van der Waals surface area contributed by atoms with Crippen molar-refractivity contribution in [2.45, 2.75) is 0 Å². The Balaban J connectivity index is 1.38. The van der Waals surface area contributed by atoms with Crippen LogP contribution in [-0.4, -0.2) is 9.97 Å². The second kappa shape index (κ2) is 7.93. The molecule has 7 rings (SSSR count). The number of benzene rings is 4. The molecule has 1 aliphatic rings. The third kappa shape index (κ3) is 3.29. The second-order valence-corrected chi connectivity index (χ2v) is 8.64. The van der Waals surface area contributed by atoms with Gasteiger partial charge in [-0.15, -0.1) is 0 Å². The monoisotopic (exact) mass is 448 g/mol. The van der Waals surface area contributed by atoms with Gasteiger partial charge in [-0.3, -0.25) is 4.98 Å². The molecule has 2 aromatic heterocycles. The third-order valence-electron chi connectivity index (χ3n) is 6.55. The normalized spacial score (nSPS) is 11.7. The molecule has 6 aromatic rings. The molecule has 3 heterocycles. The van der Waals surface area contributed by atoms with E-state index in [1.807, 2.05) is 36.4 Å². The fourth-order valence-electron chi connectivity index (χ4n) is 4.91. The molecular formula is C32H20N2O. The lowest BCUT2D eigenvalue weighted by atomic mass is 9.90. The number of fused-ring (bicyclic) bond motifs is 2. The van der Waals surface area contributed by atoms with Gasteiger partial charge in [-0.1, -0.05) is 66.7 Å². The van der Waals surface area contributed by atoms with Crippen LogP contribution in [0.3, 0.4) is 0 Å². The molecule has 0 atom stereocenters. The van der Waals surface area contributed by atoms with Crippen LogP contribution in [0.1, 0.15) is 0 Å². The third-order valence-corrected chi connectivity index (χ3v) is 6.55. The van der Waals surface area contributed by atoms with Crippen LogP contribution in [0, 0.1) is 0 Å². The molecule has 164 valence electrons. The van der Waals surface area contributed by atoms with Gasteiger partial charge in [0.15, 0.2) is 0 Å². The Bertz CT molecular complexity index is 1710. The molecule has 0 amide bonds. The van der Waals surface area contributed by atoms with Crippen LogP contribution in [0.5, 0.6) is 11.5 Å². The number of pyridine rings is 2. The predicted octanol–water partition coefficient (Wildman–Crippen LogP) is 8.40. The first-order valence-corrected chi connectivity index (χ1v) is 11.7. The zero-order valence-corrected chi connectivity index (χ0v) is 18.8. The van der Waals surface area contributed by atoms with Crippen LogP contribution in [-0.2, 0) is 0 Å². The molecule has 1 aliphatic heterocycles. The zero-order valence-electron chi connectivity index (χ0n) is 18.8. The summed E-state index contributed by atoms with van der Waals surface area (Å²) in [5, 5.41) is 2.25. The Labute approximate surface area is 203 Å². The molecule has 3 nitrogen and oxygen atoms in total. The van der Waals surface area contributed by atoms with Crippen LogP contribution in [0.4, 0.5) is 0 Å². The Kier molecular flexibility index (Phi) is 4.46. The van der Waals surface area contributed by atoms with Gasteiger partial charge in [0, 0.05) is 22.7 Å². The molecule has 35 heavy (non-hydrogen) atoms. The van der Waals surface area contributed by atoms with Crippen LogP contribution in [0.25, 0.3) is 55.7 Å². The maximum atomic E-state index is 6.47. The van der Waals surface area contributed by atoms with Crippen molar-refractivity contribution in [2.24, 2.45) is 0 Å². The number of rotatable bonds is 3. The fraction of sp³-hybridized carbons (Fsp3) is 0. The molecule has 0 saturated heterocycles. The summed E-state index contributed by atoms with van der Waals surface area (Å²) in [4.78, 5) is 9.42. The van der Waals surface area contributed by atoms with Crippen LogP contribution < -0.4 is 4.74 Å². The lowest BCUT2D eigenvalue weighted by Crippen LogP contribution is -1.99. The van der Waals surface area contributed by atoms with Gasteiger partial charge >= 0.3 is 0 Å². The lowest BCUT2D eigenvalue weighted by Gasteiger charge is -2.23. The van der Waals surface area contributed by atoms with Crippen molar-refractivity contribution >= 4 is 10.8 Å². The molecular weight excluding hydrogens is 428 g/mol. The van der Waals surface area contributed by atoms with Gasteiger partial charge in [0.05, 0.1) is 17.1 Å². The predicted molar refractivity (Wildman–Crippen MR) is 141 cm³/mol. The molecule has 3 heteroatoms. The van der Waals surface area contributed by atoms with Crippen molar-refractivity contribution in [3.05, 3.63) is 121 Å². The summed E-state index contributed by atoms with van der Waals surface area (Å²) in [7, 11) is 0. The van der Waals surface area contributed by atoms with Crippen LogP contribution in [0.15, 0.2) is 121 Å². The maximum absolute atomic E-state index is 6.47. The van der Waals surface area contributed by atoms with E-state index >= 15 is 0 Å². The summed E-state index contributed by atoms with van der Waals surface area (Å²) >= 11 is 0. The van der Waals surface area contributed by atoms with Gasteiger partial charge in [-0.05, 0) is 70.6 Å². The number of aromatic nitrogens is 2. The average Bonchev–Trinajstić information content (AvgIpc) is 2.94. The number of hydrogen-bond acceptors (Lipinski definition) is 3. The smallest absolute Gasteiger partial charge is 0.135 e. The van der Waals surface area contributed by atoms with Crippen LogP contribution in [0.2, 0.25) is 0 Å². The van der Waals surface area contributed by atoms with E-state index in [0.29, 0.717) is 0 Å². The number of hydrogen-bond donors (Lipinski definition) is 0. The van der Waals surface area contributed by atoms with Gasteiger partial charge in [0.25, 0.3) is 0 Å². The quantitative estimate of drug-likeness (QED) is 0.272. The Morgan fingerprint density at radius 3 is 2.17 bits per heavy atom. The molecule has 0 unspecified atom stereocenters. The minimum atomic E-state index is 0.860. The van der Waals surface area contributed by atoms with Gasteiger partial charge in [0.2, 0.25) is 0 Å². The van der Waals surface area contributed by atoms with E-state index in [0.717, 1.165) is 56.0 Å². The highest BCUT2D eigenvalue weighted by atomic mass is 16.5. The van der Waals surface area contributed by atoms with E-state index < -0.39 is 0 Å². The Hall–Kier alpha value is -4.76. The highest BCUT2D eigenvalue weighted by Gasteiger charge is 2.22. The lowest BCUT2D eigenvalue weighted by molar-refractivity contribution is 0.487. The Morgan fingerprint density at radius 1 is 0.486 bits per heavy atom. The van der Waals surface area contributed by atoms with E-state index in [4.69, 9.17) is 9.72 Å². The van der Waals surface area contributed by atoms with E-state index in [2.05, 4.69) is 83.8 Å². The molecule has 0 saturated carbocycles. The molecule has 0 N–H and O–H groups in total. The van der Waals surface area contributed by atoms with E-state index in [1.54, 1.807) is 6.20 Å². The highest BCUT2D eigenvalue weighted by Crippen LogP contribution is 2.49. The van der Waals surface area contributed by atoms with E-state index in [9.17, 15) is 0 Å². The molecule has 0 fully saturated rings. The van der Waals surface area contributed by atoms with Crippen molar-refractivity contribution in [2.75, 3.05) is 0 Å². The maximum Gasteiger partial charge on any atom is 0.135 e. The number of nitrogens with zero attached hydrogens (tertiary/aromatic N) is 2. The van der Waals surface area contributed by atoms with Gasteiger partial charge in [0.1, 0.15) is 11.5 Å². The SMILES string of the molecule is c1ccc(-c2ccc3c(c2)Oc2ccc(-c4cccc(-c5ccccn5)n4)c4cccc-3c24)cc1. The van der Waals surface area contributed by atoms with Gasteiger partial charge in [-0.2, -0.15) is 0 Å². The van der Waals surface area contributed by atoms with Crippen molar-refractivity contribution in [1.29, 1.82) is 0 Å². The van der Waals surface area contributed by atoms with Crippen molar-refractivity contribution in [3.8, 4) is 56.4 Å². The van der Waals surface area contributed by atoms with Crippen molar-refractivity contribution in [1.82, 2.24) is 9.97 Å². The molecule has 0 radical (unpaired) electrons. The molecule has 0 bridgehead atoms. The largest absolute Gasteiger partial charge is 0.456 e. The standard InChI is InChI=1S/C32H20N2O/c1-2-8-21(9-3-1)22-15-16-24-26-11-6-10-25-23(17-18-30(32(25)26)35-31(24)20-22)27-13-7-14-29(34-27)28-12-4-5-19-33-28/h1-20H. The first kappa shape index (κ1) is 19.7. The first-order valence-electron chi connectivity index (χ1n) is 11.7. The summed E-state index contributed by atoms with van der Waals surface area (Å²) in [6, 6.07) is 39.5. The summed E-state index contributed by atoms with van der Waals surface area (Å²) in [5.41, 5.74) is 8.33. The van der Waals surface area contributed by atoms with Crippen molar-refractivity contribution < 1.29 is 4.74 Å². The average molecular weight is 449 g/mol. The summed E-state index contributed by atoms with van der Waals surface area (Å²) in [6.07, 6.45) is 1.80. The summed E-state index contributed by atoms with van der Waals surface area (Å²) in [5.74, 6) is 1.76. The fourth-order valence-corrected chi connectivity index (χ4v) is 4.91. The topological polar surface area (TPSA) is 35.0 Å². The second-order valence-electron chi connectivity index (χ2n) is 8.64. The Morgan fingerprint density at radius 2 is 1.29 bits per heavy atom. The van der Waals surface area contributed by atoms with E-state index in [1.165, 1.54) is 11.1 Å². The van der Waals surface area contributed by atoms with Gasteiger partial charge < -0.3 is 4.74 Å². The molecule has 0 aliphatic carbocycles. The van der Waals surface area contributed by atoms with Gasteiger partial charge in [-0.25, -0.2) is 4.98 Å². The van der Waals surface area contributed by atoms with Crippen molar-refractivity contribution in [3.63, 3.8) is 0 Å². The first-order chi connectivity index (χ1) is 17.3. The molecule has 0 spiro atoms. The summed E-state index contributed by atoms with van der Waals surface area (Å²) in [6.45, 7) is 0. The highest BCUT2D eigenvalue weighted by molar-refractivity contribution is 6.09. The minimum Gasteiger partial charge on any atom is -0.456 e.